The van der Waals surface area contributed by atoms with E-state index < -0.39 is 0 Å². The van der Waals surface area contributed by atoms with Gasteiger partial charge in [-0.1, -0.05) is 55.0 Å². The van der Waals surface area contributed by atoms with Crippen molar-refractivity contribution in [1.29, 1.82) is 0 Å². The van der Waals surface area contributed by atoms with Gasteiger partial charge >= 0.3 is 0 Å². The number of nitrogens with zero attached hydrogens (tertiary/aromatic N) is 3. The Morgan fingerprint density at radius 2 is 1.81 bits per heavy atom. The van der Waals surface area contributed by atoms with Crippen LogP contribution in [0, 0.1) is 13.8 Å². The van der Waals surface area contributed by atoms with E-state index in [1.54, 1.807) is 0 Å². The highest BCUT2D eigenvalue weighted by Gasteiger charge is 2.17. The molecule has 0 radical (unpaired) electrons. The normalized spacial score (nSPS) is 12.0. The van der Waals surface area contributed by atoms with E-state index >= 15 is 0 Å². The molecule has 0 unspecified atom stereocenters. The molecule has 0 aliphatic rings. The van der Waals surface area contributed by atoms with Crippen LogP contribution in [0.15, 0.2) is 60.7 Å². The smallest absolute Gasteiger partial charge is 0.258 e. The highest BCUT2D eigenvalue weighted by Crippen LogP contribution is 2.27. The number of hydrogen-bond acceptors (Lipinski definition) is 4. The van der Waals surface area contributed by atoms with Crippen LogP contribution in [0.3, 0.4) is 0 Å². The molecule has 0 bridgehead atoms. The SMILES string of the molecule is CCc1cc(OCC(=O)N[C@@H](C)c2ccccc2)nc2c1c(C)nn2-c1ccc(C)cc1. The number of benzene rings is 2. The van der Waals surface area contributed by atoms with Gasteiger partial charge in [-0.3, -0.25) is 4.79 Å². The van der Waals surface area contributed by atoms with Crippen molar-refractivity contribution in [3.63, 3.8) is 0 Å². The fourth-order valence-electron chi connectivity index (χ4n) is 3.82. The lowest BCUT2D eigenvalue weighted by Crippen LogP contribution is -2.31. The van der Waals surface area contributed by atoms with Crippen molar-refractivity contribution in [2.45, 2.75) is 40.2 Å². The summed E-state index contributed by atoms with van der Waals surface area (Å²) in [5.74, 6) is 0.231. The van der Waals surface area contributed by atoms with E-state index in [4.69, 9.17) is 14.8 Å². The number of pyridine rings is 1. The Morgan fingerprint density at radius 3 is 2.50 bits per heavy atom. The summed E-state index contributed by atoms with van der Waals surface area (Å²) in [6.07, 6.45) is 0.813. The molecule has 4 rings (SSSR count). The van der Waals surface area contributed by atoms with Gasteiger partial charge in [0.1, 0.15) is 0 Å². The van der Waals surface area contributed by atoms with Crippen LogP contribution in [0.1, 0.15) is 42.3 Å². The summed E-state index contributed by atoms with van der Waals surface area (Å²) in [6.45, 7) is 7.99. The Balaban J connectivity index is 1.57. The second-order valence-electron chi connectivity index (χ2n) is 7.99. The zero-order valence-electron chi connectivity index (χ0n) is 18.9. The molecule has 6 heteroatoms. The van der Waals surface area contributed by atoms with E-state index in [2.05, 4.69) is 31.3 Å². The molecule has 2 heterocycles. The molecule has 1 N–H and O–H groups in total. The molecular formula is C26H28N4O2. The predicted molar refractivity (Wildman–Crippen MR) is 126 cm³/mol. The predicted octanol–water partition coefficient (Wildman–Crippen LogP) is 4.86. The fourth-order valence-corrected chi connectivity index (χ4v) is 3.82. The Labute approximate surface area is 188 Å². The summed E-state index contributed by atoms with van der Waals surface area (Å²) in [6, 6.07) is 19.8. The maximum absolute atomic E-state index is 12.5. The molecule has 1 atom stereocenters. The molecule has 0 saturated heterocycles. The van der Waals surface area contributed by atoms with Gasteiger partial charge in [0.2, 0.25) is 5.88 Å². The van der Waals surface area contributed by atoms with Crippen molar-refractivity contribution in [3.8, 4) is 11.6 Å². The van der Waals surface area contributed by atoms with Crippen molar-refractivity contribution < 1.29 is 9.53 Å². The minimum Gasteiger partial charge on any atom is -0.468 e. The molecule has 32 heavy (non-hydrogen) atoms. The number of fused-ring (bicyclic) bond motifs is 1. The molecule has 6 nitrogen and oxygen atoms in total. The van der Waals surface area contributed by atoms with E-state index in [0.29, 0.717) is 5.88 Å². The molecule has 0 fully saturated rings. The van der Waals surface area contributed by atoms with Crippen LogP contribution < -0.4 is 10.1 Å². The average molecular weight is 429 g/mol. The number of nitrogens with one attached hydrogen (secondary N) is 1. The molecule has 1 amide bonds. The van der Waals surface area contributed by atoms with E-state index in [1.807, 2.05) is 67.1 Å². The summed E-state index contributed by atoms with van der Waals surface area (Å²) >= 11 is 0. The number of carbonyl (C=O) groups excluding carboxylic acids is 1. The van der Waals surface area contributed by atoms with E-state index in [0.717, 1.165) is 40.0 Å². The average Bonchev–Trinajstić information content (AvgIpc) is 3.14. The third kappa shape index (κ3) is 4.49. The highest BCUT2D eigenvalue weighted by atomic mass is 16.5. The van der Waals surface area contributed by atoms with Gasteiger partial charge in [0, 0.05) is 11.5 Å². The lowest BCUT2D eigenvalue weighted by atomic mass is 10.1. The lowest BCUT2D eigenvalue weighted by molar-refractivity contribution is -0.123. The first-order valence-corrected chi connectivity index (χ1v) is 10.9. The van der Waals surface area contributed by atoms with Crippen LogP contribution in [0.25, 0.3) is 16.7 Å². The number of hydrogen-bond donors (Lipinski definition) is 1. The minimum absolute atomic E-state index is 0.0976. The summed E-state index contributed by atoms with van der Waals surface area (Å²) < 4.78 is 7.65. The first-order valence-electron chi connectivity index (χ1n) is 10.9. The number of aromatic nitrogens is 3. The van der Waals surface area contributed by atoms with Gasteiger partial charge in [0.25, 0.3) is 5.91 Å². The molecule has 2 aromatic carbocycles. The first kappa shape index (κ1) is 21.6. The zero-order valence-corrected chi connectivity index (χ0v) is 18.9. The minimum atomic E-state index is -0.190. The van der Waals surface area contributed by atoms with Crippen molar-refractivity contribution in [1.82, 2.24) is 20.1 Å². The van der Waals surface area contributed by atoms with Crippen LogP contribution in [0.2, 0.25) is 0 Å². The van der Waals surface area contributed by atoms with Gasteiger partial charge in [-0.05, 0) is 50.5 Å². The van der Waals surface area contributed by atoms with Crippen LogP contribution in [-0.2, 0) is 11.2 Å². The standard InChI is InChI=1S/C26H28N4O2/c1-5-20-15-24(32-16-23(31)27-18(3)21-9-7-6-8-10-21)28-26-25(20)19(4)29-30(26)22-13-11-17(2)12-14-22/h6-15,18H,5,16H2,1-4H3,(H,27,31)/t18-/m0/s1. The van der Waals surface area contributed by atoms with Crippen molar-refractivity contribution in [3.05, 3.63) is 83.0 Å². The molecule has 0 spiro atoms. The van der Waals surface area contributed by atoms with Gasteiger partial charge in [-0.25, -0.2) is 4.68 Å². The summed E-state index contributed by atoms with van der Waals surface area (Å²) in [5, 5.41) is 8.73. The molecule has 164 valence electrons. The zero-order chi connectivity index (χ0) is 22.7. The molecule has 4 aromatic rings. The molecular weight excluding hydrogens is 400 g/mol. The van der Waals surface area contributed by atoms with Crippen molar-refractivity contribution in [2.75, 3.05) is 6.61 Å². The number of rotatable bonds is 7. The van der Waals surface area contributed by atoms with Crippen LogP contribution in [0.5, 0.6) is 5.88 Å². The quantitative estimate of drug-likeness (QED) is 0.457. The highest BCUT2D eigenvalue weighted by molar-refractivity contribution is 5.84. The summed E-state index contributed by atoms with van der Waals surface area (Å²) in [7, 11) is 0. The van der Waals surface area contributed by atoms with Crippen LogP contribution in [0.4, 0.5) is 0 Å². The Kier molecular flexibility index (Phi) is 6.21. The maximum Gasteiger partial charge on any atom is 0.258 e. The van der Waals surface area contributed by atoms with Gasteiger partial charge in [0.05, 0.1) is 17.4 Å². The lowest BCUT2D eigenvalue weighted by Gasteiger charge is -2.15. The van der Waals surface area contributed by atoms with Gasteiger partial charge in [-0.2, -0.15) is 10.1 Å². The first-order chi connectivity index (χ1) is 15.5. The van der Waals surface area contributed by atoms with E-state index in [9.17, 15) is 4.79 Å². The Bertz CT molecular complexity index is 1230. The summed E-state index contributed by atoms with van der Waals surface area (Å²) in [5.41, 5.74) is 5.92. The van der Waals surface area contributed by atoms with Gasteiger partial charge in [0.15, 0.2) is 12.3 Å². The maximum atomic E-state index is 12.5. The van der Waals surface area contributed by atoms with Gasteiger partial charge < -0.3 is 10.1 Å². The molecule has 0 aliphatic carbocycles. The van der Waals surface area contributed by atoms with Gasteiger partial charge in [-0.15, -0.1) is 0 Å². The second kappa shape index (κ2) is 9.22. The van der Waals surface area contributed by atoms with Crippen molar-refractivity contribution in [2.24, 2.45) is 0 Å². The third-order valence-corrected chi connectivity index (χ3v) is 5.56. The topological polar surface area (TPSA) is 69.0 Å². The monoisotopic (exact) mass is 428 g/mol. The van der Waals surface area contributed by atoms with E-state index in [-0.39, 0.29) is 18.6 Å². The third-order valence-electron chi connectivity index (χ3n) is 5.56. The molecule has 0 saturated carbocycles. The molecule has 2 aromatic heterocycles. The number of aryl methyl sites for hydroxylation is 3. The number of ether oxygens (including phenoxy) is 1. The Morgan fingerprint density at radius 1 is 1.09 bits per heavy atom. The summed E-state index contributed by atoms with van der Waals surface area (Å²) in [4.78, 5) is 17.2. The second-order valence-corrected chi connectivity index (χ2v) is 7.99. The fraction of sp³-hybridized carbons (Fsp3) is 0.269. The van der Waals surface area contributed by atoms with Crippen molar-refractivity contribution >= 4 is 16.9 Å². The largest absolute Gasteiger partial charge is 0.468 e. The molecule has 0 aliphatic heterocycles. The number of carbonyl (C=O) groups is 1. The van der Waals surface area contributed by atoms with Crippen LogP contribution in [-0.4, -0.2) is 27.3 Å². The van der Waals surface area contributed by atoms with E-state index in [1.165, 1.54) is 5.56 Å². The Hall–Kier alpha value is -3.67. The van der Waals surface area contributed by atoms with Crippen LogP contribution >= 0.6 is 0 Å². The number of amides is 1.